The minimum atomic E-state index is -1.29. The lowest BCUT2D eigenvalue weighted by atomic mass is 9.97. The lowest BCUT2D eigenvalue weighted by Crippen LogP contribution is -2.51. The SMILES string of the molecule is CCC(C)(NC(=O)c1ccc2c(c1)CCC(=O)N2)C(=O)O. The maximum atomic E-state index is 12.2. The molecule has 1 aliphatic rings. The lowest BCUT2D eigenvalue weighted by Gasteiger charge is -2.25. The Morgan fingerprint density at radius 1 is 1.38 bits per heavy atom. The molecule has 3 N–H and O–H groups in total. The topological polar surface area (TPSA) is 95.5 Å². The van der Waals surface area contributed by atoms with E-state index in [9.17, 15) is 19.5 Å². The highest BCUT2D eigenvalue weighted by Crippen LogP contribution is 2.24. The molecule has 1 aliphatic heterocycles. The van der Waals surface area contributed by atoms with E-state index in [1.54, 1.807) is 25.1 Å². The summed E-state index contributed by atoms with van der Waals surface area (Å²) < 4.78 is 0. The van der Waals surface area contributed by atoms with Crippen molar-refractivity contribution in [3.63, 3.8) is 0 Å². The molecule has 0 aliphatic carbocycles. The first kappa shape index (κ1) is 15.0. The van der Waals surface area contributed by atoms with Gasteiger partial charge in [0.1, 0.15) is 5.54 Å². The number of carboxylic acids is 1. The van der Waals surface area contributed by atoms with Gasteiger partial charge in [0.15, 0.2) is 0 Å². The second-order valence-electron chi connectivity index (χ2n) is 5.37. The van der Waals surface area contributed by atoms with Gasteiger partial charge in [0.2, 0.25) is 5.91 Å². The Balaban J connectivity index is 2.21. The molecule has 0 bridgehead atoms. The molecule has 21 heavy (non-hydrogen) atoms. The largest absolute Gasteiger partial charge is 0.480 e. The van der Waals surface area contributed by atoms with Crippen LogP contribution in [0.2, 0.25) is 0 Å². The fourth-order valence-electron chi connectivity index (χ4n) is 2.14. The van der Waals surface area contributed by atoms with Crippen molar-refractivity contribution in [3.05, 3.63) is 29.3 Å². The predicted octanol–water partition coefficient (Wildman–Crippen LogP) is 1.55. The number of anilines is 1. The van der Waals surface area contributed by atoms with Crippen molar-refractivity contribution >= 4 is 23.5 Å². The molecule has 1 heterocycles. The summed E-state index contributed by atoms with van der Waals surface area (Å²) in [7, 11) is 0. The number of benzene rings is 1. The van der Waals surface area contributed by atoms with Gasteiger partial charge in [-0.3, -0.25) is 9.59 Å². The maximum Gasteiger partial charge on any atom is 0.329 e. The fourth-order valence-corrected chi connectivity index (χ4v) is 2.14. The van der Waals surface area contributed by atoms with Crippen molar-refractivity contribution in [2.45, 2.75) is 38.6 Å². The van der Waals surface area contributed by atoms with Crippen molar-refractivity contribution in [2.24, 2.45) is 0 Å². The number of aliphatic carboxylic acids is 1. The molecule has 0 saturated carbocycles. The first-order valence-corrected chi connectivity index (χ1v) is 6.84. The Labute approximate surface area is 122 Å². The molecule has 0 spiro atoms. The van der Waals surface area contributed by atoms with E-state index in [0.29, 0.717) is 24.1 Å². The van der Waals surface area contributed by atoms with Crippen LogP contribution in [0.5, 0.6) is 0 Å². The van der Waals surface area contributed by atoms with E-state index in [4.69, 9.17) is 0 Å². The molecule has 6 heteroatoms. The predicted molar refractivity (Wildman–Crippen MR) is 77.2 cm³/mol. The van der Waals surface area contributed by atoms with Gasteiger partial charge in [-0.25, -0.2) is 4.79 Å². The smallest absolute Gasteiger partial charge is 0.329 e. The monoisotopic (exact) mass is 290 g/mol. The average molecular weight is 290 g/mol. The van der Waals surface area contributed by atoms with Gasteiger partial charge < -0.3 is 15.7 Å². The van der Waals surface area contributed by atoms with E-state index in [1.807, 2.05) is 0 Å². The average Bonchev–Trinajstić information content (AvgIpc) is 2.46. The number of aryl methyl sites for hydroxylation is 1. The van der Waals surface area contributed by atoms with Crippen LogP contribution in [0.3, 0.4) is 0 Å². The highest BCUT2D eigenvalue weighted by atomic mass is 16.4. The zero-order chi connectivity index (χ0) is 15.6. The molecule has 1 unspecified atom stereocenters. The Hall–Kier alpha value is -2.37. The first-order chi connectivity index (χ1) is 9.85. The molecule has 0 saturated heterocycles. The molecule has 1 aromatic rings. The van der Waals surface area contributed by atoms with Gasteiger partial charge in [-0.2, -0.15) is 0 Å². The molecule has 2 amide bonds. The van der Waals surface area contributed by atoms with Gasteiger partial charge in [0.05, 0.1) is 0 Å². The summed E-state index contributed by atoms with van der Waals surface area (Å²) in [5.41, 5.74) is 0.696. The number of hydrogen-bond donors (Lipinski definition) is 3. The number of carbonyl (C=O) groups is 3. The van der Waals surface area contributed by atoms with Gasteiger partial charge in [-0.15, -0.1) is 0 Å². The summed E-state index contributed by atoms with van der Waals surface area (Å²) in [4.78, 5) is 34.7. The van der Waals surface area contributed by atoms with Crippen LogP contribution in [0.1, 0.15) is 42.6 Å². The summed E-state index contributed by atoms with van der Waals surface area (Å²) >= 11 is 0. The number of carboxylic acid groups (broad SMARTS) is 1. The summed E-state index contributed by atoms with van der Waals surface area (Å²) in [5.74, 6) is -1.53. The highest BCUT2D eigenvalue weighted by Gasteiger charge is 2.33. The normalized spacial score (nSPS) is 16.4. The Kier molecular flexibility index (Phi) is 3.97. The van der Waals surface area contributed by atoms with Crippen molar-refractivity contribution in [1.29, 1.82) is 0 Å². The Morgan fingerprint density at radius 2 is 2.10 bits per heavy atom. The van der Waals surface area contributed by atoms with E-state index in [-0.39, 0.29) is 12.3 Å². The second-order valence-corrected chi connectivity index (χ2v) is 5.37. The second kappa shape index (κ2) is 5.55. The van der Waals surface area contributed by atoms with Crippen LogP contribution >= 0.6 is 0 Å². The minimum Gasteiger partial charge on any atom is -0.480 e. The van der Waals surface area contributed by atoms with E-state index < -0.39 is 17.4 Å². The molecule has 0 radical (unpaired) electrons. The van der Waals surface area contributed by atoms with Crippen molar-refractivity contribution < 1.29 is 19.5 Å². The molecule has 2 rings (SSSR count). The number of nitrogens with one attached hydrogen (secondary N) is 2. The summed E-state index contributed by atoms with van der Waals surface area (Å²) in [6, 6.07) is 4.95. The van der Waals surface area contributed by atoms with Crippen molar-refractivity contribution in [2.75, 3.05) is 5.32 Å². The van der Waals surface area contributed by atoms with E-state index in [0.717, 1.165) is 5.56 Å². The van der Waals surface area contributed by atoms with Crippen LogP contribution in [0.25, 0.3) is 0 Å². The third-order valence-corrected chi connectivity index (χ3v) is 3.83. The van der Waals surface area contributed by atoms with Gasteiger partial charge in [0.25, 0.3) is 5.91 Å². The van der Waals surface area contributed by atoms with Gasteiger partial charge in [-0.1, -0.05) is 6.92 Å². The number of fused-ring (bicyclic) bond motifs is 1. The van der Waals surface area contributed by atoms with Crippen LogP contribution in [-0.2, 0) is 16.0 Å². The quantitative estimate of drug-likeness (QED) is 0.784. The fraction of sp³-hybridized carbons (Fsp3) is 0.400. The van der Waals surface area contributed by atoms with Gasteiger partial charge >= 0.3 is 5.97 Å². The summed E-state index contributed by atoms with van der Waals surface area (Å²) in [5, 5.41) is 14.5. The minimum absolute atomic E-state index is 0.0378. The molecule has 6 nitrogen and oxygen atoms in total. The summed E-state index contributed by atoms with van der Waals surface area (Å²) in [6.07, 6.45) is 1.25. The molecular weight excluding hydrogens is 272 g/mol. The van der Waals surface area contributed by atoms with E-state index in [2.05, 4.69) is 10.6 Å². The number of carbonyl (C=O) groups excluding carboxylic acids is 2. The molecule has 0 fully saturated rings. The van der Waals surface area contributed by atoms with Crippen LogP contribution in [-0.4, -0.2) is 28.4 Å². The standard InChI is InChI=1S/C15H18N2O4/c1-3-15(2,14(20)21)17-13(19)10-4-6-11-9(8-10)5-7-12(18)16-11/h4,6,8H,3,5,7H2,1-2H3,(H,16,18)(H,17,19)(H,20,21). The number of amides is 2. The Bertz CT molecular complexity index is 612. The maximum absolute atomic E-state index is 12.2. The first-order valence-electron chi connectivity index (χ1n) is 6.84. The summed E-state index contributed by atoms with van der Waals surface area (Å²) in [6.45, 7) is 3.18. The highest BCUT2D eigenvalue weighted by molar-refractivity contribution is 5.99. The van der Waals surface area contributed by atoms with Crippen molar-refractivity contribution in [3.8, 4) is 0 Å². The zero-order valence-corrected chi connectivity index (χ0v) is 12.0. The molecule has 1 atom stereocenters. The number of hydrogen-bond acceptors (Lipinski definition) is 3. The molecular formula is C15H18N2O4. The van der Waals surface area contributed by atoms with Crippen LogP contribution in [0.15, 0.2) is 18.2 Å². The van der Waals surface area contributed by atoms with Crippen LogP contribution in [0.4, 0.5) is 5.69 Å². The van der Waals surface area contributed by atoms with Crippen LogP contribution in [0, 0.1) is 0 Å². The molecule has 0 aromatic heterocycles. The molecule has 1 aromatic carbocycles. The van der Waals surface area contributed by atoms with Gasteiger partial charge in [0, 0.05) is 17.7 Å². The van der Waals surface area contributed by atoms with E-state index >= 15 is 0 Å². The zero-order valence-electron chi connectivity index (χ0n) is 12.0. The van der Waals surface area contributed by atoms with Gasteiger partial charge in [-0.05, 0) is 43.5 Å². The van der Waals surface area contributed by atoms with Crippen LogP contribution < -0.4 is 10.6 Å². The third kappa shape index (κ3) is 3.04. The Morgan fingerprint density at radius 3 is 2.71 bits per heavy atom. The van der Waals surface area contributed by atoms with E-state index in [1.165, 1.54) is 6.92 Å². The third-order valence-electron chi connectivity index (χ3n) is 3.83. The molecule has 112 valence electrons. The number of rotatable bonds is 4. The van der Waals surface area contributed by atoms with Crippen molar-refractivity contribution in [1.82, 2.24) is 5.32 Å². The lowest BCUT2D eigenvalue weighted by molar-refractivity contribution is -0.143.